The van der Waals surface area contributed by atoms with Crippen LogP contribution in [0.3, 0.4) is 0 Å². The molecule has 0 atom stereocenters. The topological polar surface area (TPSA) is 191 Å². The molecule has 6 aromatic rings. The minimum atomic E-state index is -0.495. The fraction of sp³-hybridized carbons (Fsp3) is 0.121. The second-order valence-electron chi connectivity index (χ2n) is 10.4. The van der Waals surface area contributed by atoms with Crippen molar-refractivity contribution >= 4 is 29.2 Å². The Hall–Kier alpha value is -6.77. The van der Waals surface area contributed by atoms with Gasteiger partial charge >= 0.3 is 0 Å². The minimum Gasteiger partial charge on any atom is -0.505 e. The molecule has 0 aliphatic carbocycles. The van der Waals surface area contributed by atoms with Gasteiger partial charge in [0.15, 0.2) is 5.69 Å². The van der Waals surface area contributed by atoms with Crippen molar-refractivity contribution in [2.24, 2.45) is 15.4 Å². The van der Waals surface area contributed by atoms with E-state index in [2.05, 4.69) is 45.3 Å². The maximum Gasteiger partial charge on any atom is 0.275 e. The molecule has 2 N–H and O–H groups in total. The Kier molecular flexibility index (Phi) is 9.76. The molecule has 0 saturated carbocycles. The summed E-state index contributed by atoms with van der Waals surface area (Å²) in [5, 5.41) is 31.3. The molecule has 238 valence electrons. The molecule has 0 unspecified atom stereocenters. The van der Waals surface area contributed by atoms with Gasteiger partial charge in [0.05, 0.1) is 49.0 Å². The summed E-state index contributed by atoms with van der Waals surface area (Å²) in [6.07, 6.45) is 6.84. The first-order valence-electron chi connectivity index (χ1n) is 14.7. The quantitative estimate of drug-likeness (QED) is 0.109. The van der Waals surface area contributed by atoms with E-state index in [1.807, 2.05) is 82.6 Å². The standard InChI is InChI=1S/C33H28N12O3/c46-29-18-30(47)28(43-48)17-27(29)41-42-31-38-32(44(19-23-9-1-5-13-34-23)20-24-10-2-6-14-35-24)40-33(39-31)45(21-25-11-3-7-15-36-25)22-26-12-4-8-16-37-26/h1-18,46-47H,19-22H2. The Morgan fingerprint density at radius 2 is 0.938 bits per heavy atom. The first-order valence-corrected chi connectivity index (χ1v) is 14.7. The number of aromatic nitrogens is 7. The van der Waals surface area contributed by atoms with Crippen LogP contribution in [0.1, 0.15) is 22.8 Å². The van der Waals surface area contributed by atoms with Crippen molar-refractivity contribution in [1.29, 1.82) is 0 Å². The molecule has 0 fully saturated rings. The number of aromatic hydroxyl groups is 2. The zero-order chi connectivity index (χ0) is 33.1. The molecule has 0 bridgehead atoms. The Balaban J connectivity index is 1.47. The van der Waals surface area contributed by atoms with Crippen LogP contribution < -0.4 is 9.80 Å². The molecule has 6 rings (SSSR count). The molecular weight excluding hydrogens is 612 g/mol. The van der Waals surface area contributed by atoms with E-state index in [4.69, 9.17) is 4.98 Å². The number of anilines is 2. The zero-order valence-electron chi connectivity index (χ0n) is 25.4. The monoisotopic (exact) mass is 640 g/mol. The third-order valence-corrected chi connectivity index (χ3v) is 6.90. The Morgan fingerprint density at radius 3 is 1.31 bits per heavy atom. The lowest BCUT2D eigenvalue weighted by atomic mass is 10.2. The molecule has 1 aromatic carbocycles. The van der Waals surface area contributed by atoms with Crippen molar-refractivity contribution in [2.45, 2.75) is 26.2 Å². The van der Waals surface area contributed by atoms with E-state index >= 15 is 0 Å². The fourth-order valence-corrected chi connectivity index (χ4v) is 4.62. The SMILES string of the molecule is O=Nc1cc(N=Nc2nc(N(Cc3ccccn3)Cc3ccccn3)nc(N(Cc3ccccn3)Cc3ccccn3)n2)c(O)cc1O. The molecule has 0 aliphatic heterocycles. The summed E-state index contributed by atoms with van der Waals surface area (Å²) < 4.78 is 0. The van der Waals surface area contributed by atoms with Crippen LogP contribution in [-0.4, -0.2) is 45.1 Å². The van der Waals surface area contributed by atoms with Gasteiger partial charge in [-0.05, 0) is 53.7 Å². The normalized spacial score (nSPS) is 11.0. The van der Waals surface area contributed by atoms with E-state index in [1.54, 1.807) is 24.8 Å². The average Bonchev–Trinajstić information content (AvgIpc) is 3.12. The van der Waals surface area contributed by atoms with E-state index in [-0.39, 0.29) is 29.2 Å². The molecule has 15 nitrogen and oxygen atoms in total. The third-order valence-electron chi connectivity index (χ3n) is 6.90. The van der Waals surface area contributed by atoms with Crippen LogP contribution in [0, 0.1) is 4.91 Å². The molecule has 0 aliphatic rings. The summed E-state index contributed by atoms with van der Waals surface area (Å²) in [6, 6.07) is 24.6. The fourth-order valence-electron chi connectivity index (χ4n) is 4.62. The molecule has 48 heavy (non-hydrogen) atoms. The maximum absolute atomic E-state index is 11.2. The number of benzene rings is 1. The number of hydrogen-bond acceptors (Lipinski definition) is 15. The van der Waals surface area contributed by atoms with E-state index in [0.29, 0.717) is 26.2 Å². The highest BCUT2D eigenvalue weighted by atomic mass is 16.3. The van der Waals surface area contributed by atoms with Crippen LogP contribution in [0.2, 0.25) is 0 Å². The van der Waals surface area contributed by atoms with Crippen LogP contribution in [-0.2, 0) is 26.2 Å². The highest BCUT2D eigenvalue weighted by Crippen LogP contribution is 2.39. The highest BCUT2D eigenvalue weighted by Gasteiger charge is 2.21. The third kappa shape index (κ3) is 8.08. The van der Waals surface area contributed by atoms with E-state index in [0.717, 1.165) is 34.9 Å². The van der Waals surface area contributed by atoms with E-state index in [1.165, 1.54) is 0 Å². The van der Waals surface area contributed by atoms with Gasteiger partial charge in [-0.3, -0.25) is 19.9 Å². The average molecular weight is 641 g/mol. The van der Waals surface area contributed by atoms with Crippen LogP contribution in [0.25, 0.3) is 0 Å². The molecule has 0 radical (unpaired) electrons. The lowest BCUT2D eigenvalue weighted by molar-refractivity contribution is 0.452. The Bertz CT molecular complexity index is 1800. The largest absolute Gasteiger partial charge is 0.505 e. The summed E-state index contributed by atoms with van der Waals surface area (Å²) >= 11 is 0. The van der Waals surface area contributed by atoms with Crippen molar-refractivity contribution in [1.82, 2.24) is 34.9 Å². The van der Waals surface area contributed by atoms with Gasteiger partial charge < -0.3 is 20.0 Å². The summed E-state index contributed by atoms with van der Waals surface area (Å²) in [5.74, 6) is -0.505. The molecule has 15 heteroatoms. The van der Waals surface area contributed by atoms with Crippen LogP contribution in [0.15, 0.2) is 125 Å². The number of nitroso groups, excluding NO2 is 1. The van der Waals surface area contributed by atoms with E-state index < -0.39 is 11.5 Å². The Morgan fingerprint density at radius 1 is 0.521 bits per heavy atom. The summed E-state index contributed by atoms with van der Waals surface area (Å²) in [6.45, 7) is 1.30. The molecule has 5 heterocycles. The number of pyridine rings is 4. The molecule has 5 aromatic heterocycles. The zero-order valence-corrected chi connectivity index (χ0v) is 25.4. The van der Waals surface area contributed by atoms with Gasteiger partial charge in [-0.2, -0.15) is 15.0 Å². The molecular formula is C33H28N12O3. The highest BCUT2D eigenvalue weighted by molar-refractivity contribution is 5.65. The van der Waals surface area contributed by atoms with Crippen LogP contribution in [0.4, 0.5) is 29.2 Å². The number of rotatable bonds is 13. The van der Waals surface area contributed by atoms with Crippen molar-refractivity contribution < 1.29 is 10.2 Å². The van der Waals surface area contributed by atoms with Crippen LogP contribution in [0.5, 0.6) is 11.5 Å². The summed E-state index contributed by atoms with van der Waals surface area (Å²) in [7, 11) is 0. The van der Waals surface area contributed by atoms with Gasteiger partial charge in [0, 0.05) is 36.9 Å². The number of phenols is 2. The first kappa shape index (κ1) is 31.2. The smallest absolute Gasteiger partial charge is 0.275 e. The molecule has 0 spiro atoms. The van der Waals surface area contributed by atoms with Gasteiger partial charge in [-0.25, -0.2) is 0 Å². The number of hydrogen-bond donors (Lipinski definition) is 2. The number of azo groups is 1. The van der Waals surface area contributed by atoms with Crippen molar-refractivity contribution in [2.75, 3.05) is 9.80 Å². The molecule has 0 saturated heterocycles. The predicted octanol–water partition coefficient (Wildman–Crippen LogP) is 6.09. The first-order chi connectivity index (χ1) is 23.5. The minimum absolute atomic E-state index is 0.0952. The van der Waals surface area contributed by atoms with Crippen molar-refractivity contribution in [3.63, 3.8) is 0 Å². The van der Waals surface area contributed by atoms with Crippen molar-refractivity contribution in [3.8, 4) is 11.5 Å². The van der Waals surface area contributed by atoms with Gasteiger partial charge in [-0.15, -0.1) is 15.1 Å². The molecule has 0 amide bonds. The van der Waals surface area contributed by atoms with Gasteiger partial charge in [0.2, 0.25) is 11.9 Å². The maximum atomic E-state index is 11.2. The second-order valence-corrected chi connectivity index (χ2v) is 10.4. The van der Waals surface area contributed by atoms with Gasteiger partial charge in [0.1, 0.15) is 17.2 Å². The lowest BCUT2D eigenvalue weighted by Gasteiger charge is -2.26. The lowest BCUT2D eigenvalue weighted by Crippen LogP contribution is -2.29. The van der Waals surface area contributed by atoms with Crippen LogP contribution >= 0.6 is 0 Å². The predicted molar refractivity (Wildman–Crippen MR) is 176 cm³/mol. The summed E-state index contributed by atoms with van der Waals surface area (Å²) in [4.78, 5) is 47.2. The van der Waals surface area contributed by atoms with Gasteiger partial charge in [-0.1, -0.05) is 24.3 Å². The van der Waals surface area contributed by atoms with Crippen molar-refractivity contribution in [3.05, 3.63) is 137 Å². The van der Waals surface area contributed by atoms with Gasteiger partial charge in [0.25, 0.3) is 5.95 Å². The summed E-state index contributed by atoms with van der Waals surface area (Å²) in [5.41, 5.74) is 2.62. The number of phenolic OH excluding ortho intramolecular Hbond substituents is 2. The number of nitrogens with zero attached hydrogens (tertiary/aromatic N) is 12. The van der Waals surface area contributed by atoms with E-state index in [9.17, 15) is 15.1 Å². The second kappa shape index (κ2) is 15.0. The Labute approximate surface area is 274 Å².